The van der Waals surface area contributed by atoms with Gasteiger partial charge in [-0.15, -0.1) is 0 Å². The predicted molar refractivity (Wildman–Crippen MR) is 184 cm³/mol. The van der Waals surface area contributed by atoms with Gasteiger partial charge in [-0.05, 0) is 30.0 Å². The number of rotatable bonds is 6. The molecule has 3 amide bonds. The van der Waals surface area contributed by atoms with E-state index in [1.165, 1.54) is 4.90 Å². The molecule has 2 N–H and O–H groups in total. The first kappa shape index (κ1) is 33.4. The maximum Gasteiger partial charge on any atom is 0.313 e. The van der Waals surface area contributed by atoms with Gasteiger partial charge < -0.3 is 29.7 Å². The maximum atomic E-state index is 15.0. The highest BCUT2D eigenvalue weighted by atomic mass is 16.6. The summed E-state index contributed by atoms with van der Waals surface area (Å²) in [4.78, 5) is 60.4. The third kappa shape index (κ3) is 6.03. The van der Waals surface area contributed by atoms with Crippen LogP contribution in [-0.4, -0.2) is 75.5 Å². The highest BCUT2D eigenvalue weighted by Crippen LogP contribution is 2.55. The molecule has 0 unspecified atom stereocenters. The van der Waals surface area contributed by atoms with Crippen molar-refractivity contribution in [1.29, 1.82) is 0 Å². The van der Waals surface area contributed by atoms with Crippen molar-refractivity contribution in [3.05, 3.63) is 132 Å². The number of hydrogen-bond donors (Lipinski definition) is 2. The lowest BCUT2D eigenvalue weighted by Gasteiger charge is -2.38. The first-order valence-electron chi connectivity index (χ1n) is 17.2. The van der Waals surface area contributed by atoms with Crippen LogP contribution in [-0.2, 0) is 35.2 Å². The molecule has 0 aromatic heterocycles. The molecule has 10 heteroatoms. The smallest absolute Gasteiger partial charge is 0.313 e. The van der Waals surface area contributed by atoms with Gasteiger partial charge in [0.2, 0.25) is 17.7 Å². The van der Waals surface area contributed by atoms with E-state index in [1.54, 1.807) is 30.1 Å². The lowest BCUT2D eigenvalue weighted by molar-refractivity contribution is -0.162. The van der Waals surface area contributed by atoms with E-state index in [9.17, 15) is 19.5 Å². The van der Waals surface area contributed by atoms with Crippen molar-refractivity contribution in [3.8, 4) is 0 Å². The topological polar surface area (TPSA) is 125 Å². The quantitative estimate of drug-likeness (QED) is 0.299. The van der Waals surface area contributed by atoms with Crippen LogP contribution < -0.4 is 5.32 Å². The zero-order valence-electron chi connectivity index (χ0n) is 27.8. The fourth-order valence-corrected chi connectivity index (χ4v) is 8.00. The summed E-state index contributed by atoms with van der Waals surface area (Å²) < 4.78 is 13.1. The van der Waals surface area contributed by atoms with E-state index in [0.717, 1.165) is 5.56 Å². The molecule has 10 nitrogen and oxygen atoms in total. The van der Waals surface area contributed by atoms with Crippen LogP contribution in [0.2, 0.25) is 0 Å². The van der Waals surface area contributed by atoms with Crippen molar-refractivity contribution in [2.45, 2.75) is 62.2 Å². The number of carbonyl (C=O) groups is 4. The molecule has 4 heterocycles. The molecule has 3 aromatic rings. The number of amides is 3. The second-order valence-corrected chi connectivity index (χ2v) is 13.4. The summed E-state index contributed by atoms with van der Waals surface area (Å²) in [5.74, 6) is -3.92. The van der Waals surface area contributed by atoms with Gasteiger partial charge in [-0.25, -0.2) is 0 Å². The van der Waals surface area contributed by atoms with E-state index in [0.29, 0.717) is 24.1 Å². The normalized spacial score (nSPS) is 30.9. The Bertz CT molecular complexity index is 1780. The van der Waals surface area contributed by atoms with E-state index in [-0.39, 0.29) is 24.8 Å². The van der Waals surface area contributed by atoms with Crippen LogP contribution in [0.15, 0.2) is 115 Å². The van der Waals surface area contributed by atoms with Gasteiger partial charge in [0.05, 0.1) is 30.7 Å². The Morgan fingerprint density at radius 2 is 1.58 bits per heavy atom. The molecular weight excluding hydrogens is 634 g/mol. The molecule has 7 rings (SSSR count). The molecule has 0 saturated carbocycles. The van der Waals surface area contributed by atoms with E-state index in [1.807, 2.05) is 97.1 Å². The molecule has 0 bridgehead atoms. The molecule has 1 spiro atoms. The summed E-state index contributed by atoms with van der Waals surface area (Å²) in [5.41, 5.74) is 0.723. The monoisotopic (exact) mass is 675 g/mol. The number of aliphatic hydroxyl groups is 1. The Morgan fingerprint density at radius 1 is 0.900 bits per heavy atom. The number of aliphatic hydroxyl groups excluding tert-OH is 1. The standard InChI is InChI=1S/C40H41N3O7/c1-26-35(29-18-9-4-10-19-29)49-39(48)33-31(20-11-12-21-32(45)41-26)50-40-22-13-23-42(24-27-14-5-2-6-15-27)38(47)36(40)43(37(46)34(33)40)30(25-44)28-16-7-3-8-17-28/h2-11,13-20,22,26,30-31,33-36,44H,12,21,23-25H2,1H3,(H,41,45)/b20-11-/t26-,30+,31-,33+,34+,35+,36-,40+/m0/s1. The van der Waals surface area contributed by atoms with Crippen molar-refractivity contribution >= 4 is 23.7 Å². The Labute approximate surface area is 291 Å². The Hall–Kier alpha value is -5.06. The number of ether oxygens (including phenoxy) is 2. The first-order chi connectivity index (χ1) is 24.3. The van der Waals surface area contributed by atoms with Gasteiger partial charge in [0, 0.05) is 19.5 Å². The summed E-state index contributed by atoms with van der Waals surface area (Å²) in [6.45, 7) is 1.89. The zero-order valence-corrected chi connectivity index (χ0v) is 27.8. The summed E-state index contributed by atoms with van der Waals surface area (Å²) >= 11 is 0. The number of nitrogens with zero attached hydrogens (tertiary/aromatic N) is 2. The highest BCUT2D eigenvalue weighted by molar-refractivity contribution is 5.99. The van der Waals surface area contributed by atoms with E-state index < -0.39 is 66.3 Å². The zero-order chi connectivity index (χ0) is 34.8. The number of likely N-dealkylation sites (tertiary alicyclic amines) is 1. The minimum absolute atomic E-state index is 0.184. The average molecular weight is 676 g/mol. The van der Waals surface area contributed by atoms with E-state index in [4.69, 9.17) is 9.47 Å². The molecule has 8 atom stereocenters. The predicted octanol–water partition coefficient (Wildman–Crippen LogP) is 4.04. The largest absolute Gasteiger partial charge is 0.455 e. The number of fused-ring (bicyclic) bond motifs is 2. The van der Waals surface area contributed by atoms with Gasteiger partial charge in [-0.1, -0.05) is 115 Å². The molecule has 4 aliphatic heterocycles. The van der Waals surface area contributed by atoms with Crippen LogP contribution in [0.25, 0.3) is 0 Å². The molecule has 2 saturated heterocycles. The van der Waals surface area contributed by atoms with Crippen molar-refractivity contribution in [2.75, 3.05) is 13.2 Å². The number of nitrogens with one attached hydrogen (secondary N) is 1. The van der Waals surface area contributed by atoms with Crippen LogP contribution >= 0.6 is 0 Å². The molecule has 0 radical (unpaired) electrons. The number of cyclic esters (lactones) is 1. The Kier molecular flexibility index (Phi) is 9.40. The second kappa shape index (κ2) is 14.0. The molecule has 258 valence electrons. The average Bonchev–Trinajstić information content (AvgIpc) is 3.52. The van der Waals surface area contributed by atoms with Gasteiger partial charge in [0.15, 0.2) is 0 Å². The first-order valence-corrected chi connectivity index (χ1v) is 17.2. The number of benzene rings is 3. The number of hydrogen-bond acceptors (Lipinski definition) is 7. The molecule has 2 fully saturated rings. The van der Waals surface area contributed by atoms with Crippen molar-refractivity contribution in [1.82, 2.24) is 15.1 Å². The van der Waals surface area contributed by atoms with Crippen molar-refractivity contribution in [3.63, 3.8) is 0 Å². The van der Waals surface area contributed by atoms with Crippen LogP contribution in [0.4, 0.5) is 0 Å². The lowest BCUT2D eigenvalue weighted by atomic mass is 9.77. The fourth-order valence-electron chi connectivity index (χ4n) is 8.00. The minimum atomic E-state index is -1.54. The lowest BCUT2D eigenvalue weighted by Crippen LogP contribution is -2.56. The third-order valence-electron chi connectivity index (χ3n) is 10.3. The number of carbonyl (C=O) groups excluding carboxylic acids is 4. The summed E-state index contributed by atoms with van der Waals surface area (Å²) in [6, 6.07) is 25.2. The molecule has 4 aliphatic rings. The van der Waals surface area contributed by atoms with Gasteiger partial charge in [0.1, 0.15) is 23.7 Å². The van der Waals surface area contributed by atoms with Gasteiger partial charge in [-0.3, -0.25) is 19.2 Å². The molecule has 50 heavy (non-hydrogen) atoms. The summed E-state index contributed by atoms with van der Waals surface area (Å²) in [5, 5.41) is 13.8. The second-order valence-electron chi connectivity index (χ2n) is 13.4. The maximum absolute atomic E-state index is 15.0. The SMILES string of the molecule is C[C@@H]1NC(=O)CC/C=C\[C@@H]2O[C@@]34C=CCN(Cc5ccccc5)C(=O)[C@@H]3N([C@H](CO)c3ccccc3)C(=O)[C@H]4[C@@H]2C(=O)O[C@H]1c1ccccc1. The van der Waals surface area contributed by atoms with Crippen LogP contribution in [0.1, 0.15) is 48.6 Å². The van der Waals surface area contributed by atoms with Gasteiger partial charge >= 0.3 is 5.97 Å². The minimum Gasteiger partial charge on any atom is -0.455 e. The van der Waals surface area contributed by atoms with Crippen LogP contribution in [0, 0.1) is 11.8 Å². The third-order valence-corrected chi connectivity index (χ3v) is 10.3. The number of allylic oxidation sites excluding steroid dienone is 1. The summed E-state index contributed by atoms with van der Waals surface area (Å²) in [7, 11) is 0. The number of esters is 1. The van der Waals surface area contributed by atoms with E-state index >= 15 is 4.79 Å². The van der Waals surface area contributed by atoms with Crippen LogP contribution in [0.5, 0.6) is 0 Å². The molecule has 0 aliphatic carbocycles. The van der Waals surface area contributed by atoms with Crippen molar-refractivity contribution in [2.24, 2.45) is 11.8 Å². The highest BCUT2D eigenvalue weighted by Gasteiger charge is 2.72. The van der Waals surface area contributed by atoms with Crippen LogP contribution in [0.3, 0.4) is 0 Å². The van der Waals surface area contributed by atoms with Gasteiger partial charge in [-0.2, -0.15) is 0 Å². The summed E-state index contributed by atoms with van der Waals surface area (Å²) in [6.07, 6.45) is 5.94. The van der Waals surface area contributed by atoms with E-state index in [2.05, 4.69) is 5.32 Å². The molecule has 3 aromatic carbocycles. The Balaban J connectivity index is 1.34. The van der Waals surface area contributed by atoms with Crippen molar-refractivity contribution < 1.29 is 33.8 Å². The molecular formula is C40H41N3O7. The Morgan fingerprint density at radius 3 is 2.28 bits per heavy atom. The van der Waals surface area contributed by atoms with Gasteiger partial charge in [0.25, 0.3) is 0 Å². The fraction of sp³-hybridized carbons (Fsp3) is 0.350.